The first-order chi connectivity index (χ1) is 9.31. The number of furan rings is 1. The topological polar surface area (TPSA) is 19.6 Å². The van der Waals surface area contributed by atoms with Gasteiger partial charge in [0.05, 0.1) is 6.54 Å². The van der Waals surface area contributed by atoms with Crippen molar-refractivity contribution < 1.29 is 4.42 Å². The summed E-state index contributed by atoms with van der Waals surface area (Å²) in [5, 5.41) is 0. The van der Waals surface area contributed by atoms with E-state index in [0.29, 0.717) is 0 Å². The second kappa shape index (κ2) is 5.49. The molecule has 0 aliphatic carbocycles. The molecule has 100 valence electrons. The van der Waals surface area contributed by atoms with Crippen molar-refractivity contribution in [2.45, 2.75) is 13.5 Å². The van der Waals surface area contributed by atoms with Crippen LogP contribution in [-0.2, 0) is 6.54 Å². The zero-order valence-electron chi connectivity index (χ0n) is 11.4. The molecular weight excluding hydrogens is 236 g/mol. The Morgan fingerprint density at radius 3 is 2.32 bits per heavy atom. The number of para-hydroxylation sites is 1. The zero-order chi connectivity index (χ0) is 13.1. The third-order valence-corrected chi connectivity index (χ3v) is 3.67. The van der Waals surface area contributed by atoms with E-state index in [2.05, 4.69) is 46.2 Å². The van der Waals surface area contributed by atoms with Crippen molar-refractivity contribution in [1.82, 2.24) is 4.90 Å². The van der Waals surface area contributed by atoms with E-state index >= 15 is 0 Å². The van der Waals surface area contributed by atoms with Crippen LogP contribution in [0, 0.1) is 6.92 Å². The number of nitrogens with zero attached hydrogens (tertiary/aromatic N) is 2. The normalized spacial score (nSPS) is 16.8. The molecule has 19 heavy (non-hydrogen) atoms. The molecule has 1 fully saturated rings. The maximum atomic E-state index is 5.64. The number of benzene rings is 1. The van der Waals surface area contributed by atoms with Crippen LogP contribution in [0.5, 0.6) is 0 Å². The summed E-state index contributed by atoms with van der Waals surface area (Å²) >= 11 is 0. The number of piperazine rings is 1. The lowest BCUT2D eigenvalue weighted by molar-refractivity contribution is 0.229. The Labute approximate surface area is 114 Å². The van der Waals surface area contributed by atoms with Crippen LogP contribution in [0.3, 0.4) is 0 Å². The predicted octanol–water partition coefficient (Wildman–Crippen LogP) is 2.91. The van der Waals surface area contributed by atoms with Crippen LogP contribution in [0.1, 0.15) is 11.5 Å². The first kappa shape index (κ1) is 12.3. The maximum absolute atomic E-state index is 5.64. The number of hydrogen-bond acceptors (Lipinski definition) is 3. The molecule has 3 rings (SSSR count). The second-order valence-electron chi connectivity index (χ2n) is 5.11. The summed E-state index contributed by atoms with van der Waals surface area (Å²) in [6.07, 6.45) is 0. The van der Waals surface area contributed by atoms with Crippen molar-refractivity contribution in [1.29, 1.82) is 0 Å². The summed E-state index contributed by atoms with van der Waals surface area (Å²) in [5.41, 5.74) is 1.33. The molecule has 0 spiro atoms. The van der Waals surface area contributed by atoms with Gasteiger partial charge in [0, 0.05) is 31.9 Å². The van der Waals surface area contributed by atoms with Gasteiger partial charge >= 0.3 is 0 Å². The summed E-state index contributed by atoms with van der Waals surface area (Å²) in [6, 6.07) is 14.8. The van der Waals surface area contributed by atoms with Crippen molar-refractivity contribution in [3.63, 3.8) is 0 Å². The molecule has 1 saturated heterocycles. The van der Waals surface area contributed by atoms with Gasteiger partial charge in [-0.1, -0.05) is 18.2 Å². The summed E-state index contributed by atoms with van der Waals surface area (Å²) in [7, 11) is 0. The number of anilines is 1. The summed E-state index contributed by atoms with van der Waals surface area (Å²) in [5.74, 6) is 2.07. The van der Waals surface area contributed by atoms with Gasteiger partial charge in [0.15, 0.2) is 0 Å². The third kappa shape index (κ3) is 2.99. The Morgan fingerprint density at radius 1 is 0.947 bits per heavy atom. The Hall–Kier alpha value is -1.74. The van der Waals surface area contributed by atoms with E-state index in [9.17, 15) is 0 Å². The molecule has 0 saturated carbocycles. The van der Waals surface area contributed by atoms with Gasteiger partial charge in [-0.05, 0) is 31.2 Å². The SMILES string of the molecule is Cc1ccc(CN2CCN(c3ccccc3)CC2)o1. The van der Waals surface area contributed by atoms with E-state index in [4.69, 9.17) is 4.42 Å². The van der Waals surface area contributed by atoms with E-state index in [0.717, 1.165) is 44.2 Å². The molecule has 0 N–H and O–H groups in total. The number of hydrogen-bond donors (Lipinski definition) is 0. The van der Waals surface area contributed by atoms with E-state index in [-0.39, 0.29) is 0 Å². The molecule has 0 unspecified atom stereocenters. The zero-order valence-corrected chi connectivity index (χ0v) is 11.4. The van der Waals surface area contributed by atoms with Crippen LogP contribution in [0.4, 0.5) is 5.69 Å². The molecule has 0 atom stereocenters. The lowest BCUT2D eigenvalue weighted by Gasteiger charge is -2.35. The molecule has 1 aromatic heterocycles. The fourth-order valence-electron chi connectivity index (χ4n) is 2.59. The quantitative estimate of drug-likeness (QED) is 0.842. The molecule has 3 nitrogen and oxygen atoms in total. The van der Waals surface area contributed by atoms with Gasteiger partial charge in [0.1, 0.15) is 11.5 Å². The third-order valence-electron chi connectivity index (χ3n) is 3.67. The summed E-state index contributed by atoms with van der Waals surface area (Å²) in [6.45, 7) is 7.28. The largest absolute Gasteiger partial charge is 0.465 e. The Kier molecular flexibility index (Phi) is 3.56. The lowest BCUT2D eigenvalue weighted by atomic mass is 10.2. The van der Waals surface area contributed by atoms with Crippen LogP contribution >= 0.6 is 0 Å². The molecule has 1 aliphatic rings. The second-order valence-corrected chi connectivity index (χ2v) is 5.11. The van der Waals surface area contributed by atoms with E-state index in [1.807, 2.05) is 13.0 Å². The van der Waals surface area contributed by atoms with Gasteiger partial charge in [-0.2, -0.15) is 0 Å². The minimum atomic E-state index is 0.927. The van der Waals surface area contributed by atoms with Crippen LogP contribution in [0.2, 0.25) is 0 Å². The van der Waals surface area contributed by atoms with Gasteiger partial charge in [0.25, 0.3) is 0 Å². The van der Waals surface area contributed by atoms with Gasteiger partial charge in [0.2, 0.25) is 0 Å². The Bertz CT molecular complexity index is 513. The highest BCUT2D eigenvalue weighted by atomic mass is 16.3. The molecule has 0 bridgehead atoms. The average Bonchev–Trinajstić information content (AvgIpc) is 2.86. The molecular formula is C16H20N2O. The van der Waals surface area contributed by atoms with E-state index in [1.165, 1.54) is 5.69 Å². The van der Waals surface area contributed by atoms with Crippen molar-refractivity contribution in [3.05, 3.63) is 54.0 Å². The Balaban J connectivity index is 1.55. The van der Waals surface area contributed by atoms with Gasteiger partial charge in [-0.25, -0.2) is 0 Å². The van der Waals surface area contributed by atoms with Crippen LogP contribution in [0.25, 0.3) is 0 Å². The lowest BCUT2D eigenvalue weighted by Crippen LogP contribution is -2.45. The summed E-state index contributed by atoms with van der Waals surface area (Å²) in [4.78, 5) is 4.90. The molecule has 2 aromatic rings. The predicted molar refractivity (Wildman–Crippen MR) is 77.4 cm³/mol. The molecule has 3 heteroatoms. The number of rotatable bonds is 3. The molecule has 0 amide bonds. The van der Waals surface area contributed by atoms with Crippen LogP contribution in [-0.4, -0.2) is 31.1 Å². The Morgan fingerprint density at radius 2 is 1.68 bits per heavy atom. The minimum absolute atomic E-state index is 0.927. The van der Waals surface area contributed by atoms with Crippen LogP contribution in [0.15, 0.2) is 46.9 Å². The van der Waals surface area contributed by atoms with Crippen molar-refractivity contribution in [2.24, 2.45) is 0 Å². The highest BCUT2D eigenvalue weighted by Crippen LogP contribution is 2.17. The maximum Gasteiger partial charge on any atom is 0.118 e. The average molecular weight is 256 g/mol. The molecule has 2 heterocycles. The van der Waals surface area contributed by atoms with Gasteiger partial charge < -0.3 is 9.32 Å². The highest BCUT2D eigenvalue weighted by molar-refractivity contribution is 5.46. The van der Waals surface area contributed by atoms with Crippen LogP contribution < -0.4 is 4.90 Å². The molecule has 1 aromatic carbocycles. The smallest absolute Gasteiger partial charge is 0.118 e. The van der Waals surface area contributed by atoms with Gasteiger partial charge in [-0.3, -0.25) is 4.90 Å². The monoisotopic (exact) mass is 256 g/mol. The molecule has 0 radical (unpaired) electrons. The first-order valence-electron chi connectivity index (χ1n) is 6.89. The minimum Gasteiger partial charge on any atom is -0.465 e. The first-order valence-corrected chi connectivity index (χ1v) is 6.89. The van der Waals surface area contributed by atoms with Crippen molar-refractivity contribution >= 4 is 5.69 Å². The molecule has 1 aliphatic heterocycles. The fraction of sp³-hybridized carbons (Fsp3) is 0.375. The van der Waals surface area contributed by atoms with E-state index < -0.39 is 0 Å². The highest BCUT2D eigenvalue weighted by Gasteiger charge is 2.17. The summed E-state index contributed by atoms with van der Waals surface area (Å²) < 4.78 is 5.64. The van der Waals surface area contributed by atoms with Crippen molar-refractivity contribution in [2.75, 3.05) is 31.1 Å². The number of aryl methyl sites for hydroxylation is 1. The fourth-order valence-corrected chi connectivity index (χ4v) is 2.59. The standard InChI is InChI=1S/C16H20N2O/c1-14-7-8-16(19-14)13-17-9-11-18(12-10-17)15-5-3-2-4-6-15/h2-8H,9-13H2,1H3. The van der Waals surface area contributed by atoms with Crippen molar-refractivity contribution in [3.8, 4) is 0 Å². The van der Waals surface area contributed by atoms with E-state index in [1.54, 1.807) is 0 Å². The van der Waals surface area contributed by atoms with Gasteiger partial charge in [-0.15, -0.1) is 0 Å².